The van der Waals surface area contributed by atoms with Crippen LogP contribution < -0.4 is 0 Å². The highest BCUT2D eigenvalue weighted by Crippen LogP contribution is 2.68. The number of hydrogen-bond donors (Lipinski definition) is 0. The van der Waals surface area contributed by atoms with E-state index in [0.717, 1.165) is 11.8 Å². The van der Waals surface area contributed by atoms with E-state index in [2.05, 4.69) is 19.7 Å². The molecule has 0 bridgehead atoms. The highest BCUT2D eigenvalue weighted by Gasteiger charge is 2.52. The Morgan fingerprint density at radius 2 is 1.64 bits per heavy atom. The molecule has 0 amide bonds. The molecule has 0 aliphatic rings. The summed E-state index contributed by atoms with van der Waals surface area (Å²) in [5.74, 6) is 0. The fourth-order valence-electron chi connectivity index (χ4n) is 1.59. The van der Waals surface area contributed by atoms with Crippen LogP contribution in [0.5, 0.6) is 0 Å². The SMILES string of the molecule is C=CCOP(=O)(OCC=C)C(F)(CC=C)Sc1ccccc1. The van der Waals surface area contributed by atoms with Gasteiger partial charge in [0.05, 0.1) is 13.2 Å². The first-order chi connectivity index (χ1) is 10.5. The van der Waals surface area contributed by atoms with Gasteiger partial charge in [-0.2, -0.15) is 0 Å². The van der Waals surface area contributed by atoms with Crippen LogP contribution in [0.2, 0.25) is 0 Å². The molecule has 0 aromatic heterocycles. The van der Waals surface area contributed by atoms with Gasteiger partial charge in [0.15, 0.2) is 0 Å². The van der Waals surface area contributed by atoms with Crippen molar-refractivity contribution < 1.29 is 18.0 Å². The van der Waals surface area contributed by atoms with Crippen LogP contribution in [0.15, 0.2) is 73.2 Å². The minimum absolute atomic E-state index is 0.0768. The molecule has 0 N–H and O–H groups in total. The molecule has 0 saturated carbocycles. The average molecular weight is 342 g/mol. The highest BCUT2D eigenvalue weighted by molar-refractivity contribution is 8.06. The molecule has 1 aromatic rings. The third-order valence-electron chi connectivity index (χ3n) is 2.55. The van der Waals surface area contributed by atoms with Crippen molar-refractivity contribution in [2.45, 2.75) is 16.1 Å². The molecule has 0 radical (unpaired) electrons. The van der Waals surface area contributed by atoms with Crippen molar-refractivity contribution in [2.24, 2.45) is 0 Å². The van der Waals surface area contributed by atoms with Crippen molar-refractivity contribution in [3.63, 3.8) is 0 Å². The Kier molecular flexibility index (Phi) is 7.83. The Balaban J connectivity index is 3.13. The van der Waals surface area contributed by atoms with Crippen molar-refractivity contribution in [1.82, 2.24) is 0 Å². The monoisotopic (exact) mass is 342 g/mol. The Morgan fingerprint density at radius 1 is 1.09 bits per heavy atom. The zero-order valence-corrected chi connectivity index (χ0v) is 14.0. The summed E-state index contributed by atoms with van der Waals surface area (Å²) >= 11 is 0.804. The van der Waals surface area contributed by atoms with Crippen LogP contribution >= 0.6 is 19.4 Å². The molecule has 0 fully saturated rings. The van der Waals surface area contributed by atoms with E-state index in [1.165, 1.54) is 18.2 Å². The lowest BCUT2D eigenvalue weighted by Crippen LogP contribution is -2.21. The van der Waals surface area contributed by atoms with Crippen LogP contribution in [0.25, 0.3) is 0 Å². The highest BCUT2D eigenvalue weighted by atomic mass is 32.2. The fourth-order valence-corrected chi connectivity index (χ4v) is 4.94. The number of rotatable bonds is 11. The normalized spacial score (nSPS) is 14.0. The molecule has 0 aliphatic heterocycles. The summed E-state index contributed by atoms with van der Waals surface area (Å²) in [6, 6.07) is 8.83. The second kappa shape index (κ2) is 9.11. The van der Waals surface area contributed by atoms with Crippen molar-refractivity contribution in [3.05, 3.63) is 68.3 Å². The summed E-state index contributed by atoms with van der Waals surface area (Å²) < 4.78 is 36.6. The van der Waals surface area contributed by atoms with Gasteiger partial charge in [-0.1, -0.05) is 48.2 Å². The minimum Gasteiger partial charge on any atom is -0.302 e. The lowest BCUT2D eigenvalue weighted by atomic mass is 10.4. The van der Waals surface area contributed by atoms with Crippen molar-refractivity contribution in [2.75, 3.05) is 13.2 Å². The third kappa shape index (κ3) is 4.96. The molecule has 22 heavy (non-hydrogen) atoms. The number of hydrogen-bond acceptors (Lipinski definition) is 4. The lowest BCUT2D eigenvalue weighted by molar-refractivity contribution is 0.193. The van der Waals surface area contributed by atoms with Crippen LogP contribution in [0.3, 0.4) is 0 Å². The van der Waals surface area contributed by atoms with Crippen LogP contribution in [0, 0.1) is 0 Å². The average Bonchev–Trinajstić information content (AvgIpc) is 2.52. The molecule has 120 valence electrons. The molecular weight excluding hydrogens is 322 g/mol. The maximum Gasteiger partial charge on any atom is 0.379 e. The first kappa shape index (κ1) is 18.9. The van der Waals surface area contributed by atoms with Crippen LogP contribution in [-0.4, -0.2) is 18.0 Å². The number of allylic oxidation sites excluding steroid dienone is 1. The topological polar surface area (TPSA) is 35.5 Å². The fraction of sp³-hybridized carbons (Fsp3) is 0.250. The maximum absolute atomic E-state index is 15.5. The van der Waals surface area contributed by atoms with Gasteiger partial charge in [-0.05, 0) is 12.1 Å². The molecule has 1 rings (SSSR count). The second-order valence-electron chi connectivity index (χ2n) is 4.26. The largest absolute Gasteiger partial charge is 0.379 e. The predicted molar refractivity (Wildman–Crippen MR) is 90.9 cm³/mol. The Labute approximate surface area is 135 Å². The molecule has 3 nitrogen and oxygen atoms in total. The van der Waals surface area contributed by atoms with Gasteiger partial charge in [-0.15, -0.1) is 19.7 Å². The van der Waals surface area contributed by atoms with E-state index >= 15 is 4.39 Å². The first-order valence-electron chi connectivity index (χ1n) is 6.66. The van der Waals surface area contributed by atoms with E-state index in [-0.39, 0.29) is 19.6 Å². The maximum atomic E-state index is 15.5. The van der Waals surface area contributed by atoms with E-state index in [1.807, 2.05) is 6.07 Å². The van der Waals surface area contributed by atoms with E-state index in [0.29, 0.717) is 4.90 Å². The molecule has 0 aliphatic carbocycles. The number of alkyl halides is 1. The van der Waals surface area contributed by atoms with E-state index in [1.54, 1.807) is 24.3 Å². The van der Waals surface area contributed by atoms with Gasteiger partial charge in [0.25, 0.3) is 4.74 Å². The van der Waals surface area contributed by atoms with E-state index < -0.39 is 12.3 Å². The minimum atomic E-state index is -4.07. The molecule has 6 heteroatoms. The van der Waals surface area contributed by atoms with Crippen LogP contribution in [0.4, 0.5) is 4.39 Å². The smallest absolute Gasteiger partial charge is 0.302 e. The van der Waals surface area contributed by atoms with Crippen LogP contribution in [0.1, 0.15) is 6.42 Å². The number of thioether (sulfide) groups is 1. The first-order valence-corrected chi connectivity index (χ1v) is 9.02. The molecule has 1 unspecified atom stereocenters. The van der Waals surface area contributed by atoms with Crippen LogP contribution in [-0.2, 0) is 13.6 Å². The predicted octanol–water partition coefficient (Wildman–Crippen LogP) is 5.58. The summed E-state index contributed by atoms with van der Waals surface area (Å²) in [6.07, 6.45) is 3.96. The van der Waals surface area contributed by atoms with Gasteiger partial charge in [-0.3, -0.25) is 4.57 Å². The quantitative estimate of drug-likeness (QED) is 0.299. The van der Waals surface area contributed by atoms with Gasteiger partial charge in [0, 0.05) is 11.3 Å². The van der Waals surface area contributed by atoms with Crippen molar-refractivity contribution in [1.29, 1.82) is 0 Å². The Bertz CT molecular complexity index is 534. The van der Waals surface area contributed by atoms with Crippen molar-refractivity contribution >= 4 is 19.4 Å². The van der Waals surface area contributed by atoms with Gasteiger partial charge in [-0.25, -0.2) is 4.39 Å². The van der Waals surface area contributed by atoms with Gasteiger partial charge in [0.1, 0.15) is 0 Å². The summed E-state index contributed by atoms with van der Waals surface area (Å²) in [4.78, 5) is 0.622. The summed E-state index contributed by atoms with van der Waals surface area (Å²) in [5, 5.41) is 0. The molecule has 1 atom stereocenters. The molecule has 0 saturated heterocycles. The zero-order valence-electron chi connectivity index (χ0n) is 12.3. The summed E-state index contributed by atoms with van der Waals surface area (Å²) in [6.45, 7) is 10.4. The second-order valence-corrected chi connectivity index (χ2v) is 8.11. The summed E-state index contributed by atoms with van der Waals surface area (Å²) in [5.41, 5.74) is 0. The van der Waals surface area contributed by atoms with Crippen molar-refractivity contribution in [3.8, 4) is 0 Å². The van der Waals surface area contributed by atoms with E-state index in [4.69, 9.17) is 9.05 Å². The Hall–Kier alpha value is -1.13. The molecule has 1 aromatic carbocycles. The molecule has 0 heterocycles. The number of benzene rings is 1. The third-order valence-corrected chi connectivity index (χ3v) is 6.46. The molecular formula is C16H20FO3PS. The standard InChI is InChI=1S/C16H20FO3PS/c1-4-12-16(17,22-15-10-8-7-9-11-15)21(18,19-13-5-2)20-14-6-3/h4-11H,1-3,12-14H2. The van der Waals surface area contributed by atoms with Gasteiger partial charge >= 0.3 is 7.60 Å². The van der Waals surface area contributed by atoms with E-state index in [9.17, 15) is 4.57 Å². The molecule has 0 spiro atoms. The lowest BCUT2D eigenvalue weighted by Gasteiger charge is -2.31. The zero-order chi connectivity index (χ0) is 16.5. The van der Waals surface area contributed by atoms with Gasteiger partial charge < -0.3 is 9.05 Å². The summed E-state index contributed by atoms with van der Waals surface area (Å²) in [7, 11) is -4.07. The Morgan fingerprint density at radius 3 is 2.09 bits per heavy atom. The van der Waals surface area contributed by atoms with Gasteiger partial charge in [0.2, 0.25) is 0 Å². The number of halogens is 1.